The quantitative estimate of drug-likeness (QED) is 0.197. The third-order valence-electron chi connectivity index (χ3n) is 10.9. The predicted octanol–water partition coefficient (Wildman–Crippen LogP) is 7.30. The van der Waals surface area contributed by atoms with Gasteiger partial charge in [0.15, 0.2) is 16.1 Å². The molecule has 4 saturated heterocycles. The van der Waals surface area contributed by atoms with E-state index in [9.17, 15) is 8.42 Å². The molecule has 0 aliphatic carbocycles. The maximum Gasteiger partial charge on any atom is 0.178 e. The van der Waals surface area contributed by atoms with Gasteiger partial charge in [0.25, 0.3) is 0 Å². The lowest BCUT2D eigenvalue weighted by Crippen LogP contribution is -2.38. The minimum Gasteiger partial charge on any atom is -0.374 e. The van der Waals surface area contributed by atoms with E-state index in [1.165, 1.54) is 5.57 Å². The molecule has 5 rings (SSSR count). The molecular weight excluding hydrogens is 588 g/mol. The molecule has 4 aliphatic heterocycles. The van der Waals surface area contributed by atoms with E-state index in [4.69, 9.17) is 23.7 Å². The van der Waals surface area contributed by atoms with Crippen LogP contribution in [0, 0.1) is 23.7 Å². The molecule has 0 aromatic heterocycles. The van der Waals surface area contributed by atoms with Crippen LogP contribution in [0.3, 0.4) is 0 Å². The molecule has 7 nitrogen and oxygen atoms in total. The van der Waals surface area contributed by atoms with Gasteiger partial charge in [0.05, 0.1) is 60.5 Å². The van der Waals surface area contributed by atoms with Gasteiger partial charge in [0.1, 0.15) is 0 Å². The normalized spacial score (nSPS) is 35.3. The standard InChI is InChI=1S/C37H56O7S/c1-7-24(2)19-34-28(6)32(23-45(38,39)31-11-9-8-10-12-31)36(44-34)22-35-27(5)25(3)20-29(43-35)13-15-33-26(4)21-30(42-33)14-16-37-40-17-18-41-37/h8-12,24-25,28-30,32-37H,4-5,7,13-23H2,1-3,6H3/t24-,25+,28-,29+,30+,32-,33+,34-,35-,36+/m1/s1. The Hall–Kier alpha value is -1.55. The first-order valence-corrected chi connectivity index (χ1v) is 19.0. The number of benzene rings is 1. The van der Waals surface area contributed by atoms with E-state index < -0.39 is 9.84 Å². The lowest BCUT2D eigenvalue weighted by atomic mass is 9.81. The maximum atomic E-state index is 13.6. The van der Waals surface area contributed by atoms with Gasteiger partial charge in [-0.2, -0.15) is 0 Å². The van der Waals surface area contributed by atoms with Crippen LogP contribution in [0.2, 0.25) is 0 Å². The van der Waals surface area contributed by atoms with E-state index in [-0.39, 0.29) is 60.5 Å². The number of ether oxygens (including phenoxy) is 5. The molecule has 45 heavy (non-hydrogen) atoms. The van der Waals surface area contributed by atoms with Crippen LogP contribution < -0.4 is 0 Å². The first kappa shape index (κ1) is 34.8. The Morgan fingerprint density at radius 3 is 2.29 bits per heavy atom. The minimum absolute atomic E-state index is 0.0382. The van der Waals surface area contributed by atoms with Gasteiger partial charge in [0.2, 0.25) is 0 Å². The molecule has 10 atom stereocenters. The lowest BCUT2D eigenvalue weighted by Gasteiger charge is -2.38. The van der Waals surface area contributed by atoms with Crippen molar-refractivity contribution in [3.8, 4) is 0 Å². The van der Waals surface area contributed by atoms with Crippen LogP contribution in [-0.4, -0.2) is 70.3 Å². The van der Waals surface area contributed by atoms with Gasteiger partial charge < -0.3 is 23.7 Å². The van der Waals surface area contributed by atoms with Crippen LogP contribution in [0.1, 0.15) is 85.5 Å². The molecule has 0 saturated carbocycles. The average molecular weight is 645 g/mol. The van der Waals surface area contributed by atoms with Crippen molar-refractivity contribution in [2.45, 2.75) is 133 Å². The Balaban J connectivity index is 1.20. The zero-order valence-corrected chi connectivity index (χ0v) is 28.7. The fourth-order valence-corrected chi connectivity index (χ4v) is 9.47. The zero-order valence-electron chi connectivity index (χ0n) is 27.9. The van der Waals surface area contributed by atoms with Crippen LogP contribution in [0.15, 0.2) is 59.5 Å². The van der Waals surface area contributed by atoms with Gasteiger partial charge >= 0.3 is 0 Å². The Labute approximate surface area is 272 Å². The largest absolute Gasteiger partial charge is 0.374 e. The molecule has 0 bridgehead atoms. The molecule has 0 radical (unpaired) electrons. The van der Waals surface area contributed by atoms with Gasteiger partial charge in [-0.15, -0.1) is 0 Å². The summed E-state index contributed by atoms with van der Waals surface area (Å²) in [6.07, 6.45) is 7.90. The van der Waals surface area contributed by atoms with E-state index in [1.54, 1.807) is 24.3 Å². The van der Waals surface area contributed by atoms with E-state index in [1.807, 2.05) is 6.07 Å². The monoisotopic (exact) mass is 644 g/mol. The van der Waals surface area contributed by atoms with Crippen molar-refractivity contribution in [2.75, 3.05) is 19.0 Å². The molecule has 4 fully saturated rings. The summed E-state index contributed by atoms with van der Waals surface area (Å²) in [5.74, 6) is 0.951. The third-order valence-corrected chi connectivity index (χ3v) is 12.7. The van der Waals surface area contributed by atoms with Gasteiger partial charge in [-0.1, -0.05) is 65.5 Å². The highest BCUT2D eigenvalue weighted by molar-refractivity contribution is 7.91. The second kappa shape index (κ2) is 15.6. The van der Waals surface area contributed by atoms with Crippen LogP contribution in [0.25, 0.3) is 0 Å². The minimum atomic E-state index is -3.46. The smallest absolute Gasteiger partial charge is 0.178 e. The molecule has 1 aromatic carbocycles. The molecule has 0 amide bonds. The molecule has 0 N–H and O–H groups in total. The Morgan fingerprint density at radius 2 is 1.58 bits per heavy atom. The Bertz CT molecular complexity index is 1230. The third kappa shape index (κ3) is 8.88. The van der Waals surface area contributed by atoms with E-state index in [0.717, 1.165) is 56.9 Å². The Morgan fingerprint density at radius 1 is 0.889 bits per heavy atom. The lowest BCUT2D eigenvalue weighted by molar-refractivity contribution is -0.0752. The van der Waals surface area contributed by atoms with Gasteiger partial charge in [-0.05, 0) is 79.6 Å². The molecule has 1 aromatic rings. The topological polar surface area (TPSA) is 80.3 Å². The van der Waals surface area contributed by atoms with Crippen LogP contribution in [-0.2, 0) is 33.5 Å². The first-order valence-electron chi connectivity index (χ1n) is 17.4. The fourth-order valence-electron chi connectivity index (χ4n) is 7.68. The van der Waals surface area contributed by atoms with E-state index in [0.29, 0.717) is 36.4 Å². The van der Waals surface area contributed by atoms with Crippen molar-refractivity contribution in [3.63, 3.8) is 0 Å². The van der Waals surface area contributed by atoms with Gasteiger partial charge in [0, 0.05) is 18.8 Å². The van der Waals surface area contributed by atoms with E-state index in [2.05, 4.69) is 40.9 Å². The summed E-state index contributed by atoms with van der Waals surface area (Å²) in [4.78, 5) is 0.381. The van der Waals surface area contributed by atoms with Crippen LogP contribution in [0.5, 0.6) is 0 Å². The van der Waals surface area contributed by atoms with Crippen molar-refractivity contribution in [1.82, 2.24) is 0 Å². The number of hydrogen-bond acceptors (Lipinski definition) is 7. The highest BCUT2D eigenvalue weighted by Crippen LogP contribution is 2.43. The molecule has 252 valence electrons. The second-order valence-electron chi connectivity index (χ2n) is 14.2. The number of hydrogen-bond donors (Lipinski definition) is 0. The van der Waals surface area contributed by atoms with Crippen molar-refractivity contribution in [2.24, 2.45) is 23.7 Å². The summed E-state index contributed by atoms with van der Waals surface area (Å²) in [7, 11) is -3.46. The van der Waals surface area contributed by atoms with Crippen LogP contribution >= 0.6 is 0 Å². The highest BCUT2D eigenvalue weighted by Gasteiger charge is 2.46. The molecule has 4 aliphatic rings. The maximum absolute atomic E-state index is 13.6. The second-order valence-corrected chi connectivity index (χ2v) is 16.2. The van der Waals surface area contributed by atoms with Crippen molar-refractivity contribution in [3.05, 3.63) is 54.6 Å². The molecule has 0 unspecified atom stereocenters. The van der Waals surface area contributed by atoms with Gasteiger partial charge in [-0.25, -0.2) is 8.42 Å². The zero-order chi connectivity index (χ0) is 32.1. The SMILES string of the molecule is C=C1C[C@H](CCC2OCCO2)O[C@H]1CC[C@H]1C[C@H](C)C(=C)[C@@H](C[C@@H]2O[C@H](C[C@H](C)CC)[C@H](C)[C@H]2CS(=O)(=O)c2ccccc2)O1. The van der Waals surface area contributed by atoms with Gasteiger partial charge in [-0.3, -0.25) is 0 Å². The van der Waals surface area contributed by atoms with Crippen molar-refractivity contribution >= 4 is 9.84 Å². The fraction of sp³-hybridized carbons (Fsp3) is 0.730. The predicted molar refractivity (Wildman–Crippen MR) is 177 cm³/mol. The first-order chi connectivity index (χ1) is 21.5. The number of rotatable bonds is 14. The molecular formula is C37H56O7S. The summed E-state index contributed by atoms with van der Waals surface area (Å²) >= 11 is 0. The number of sulfone groups is 1. The van der Waals surface area contributed by atoms with E-state index >= 15 is 0 Å². The highest BCUT2D eigenvalue weighted by atomic mass is 32.2. The summed E-state index contributed by atoms with van der Waals surface area (Å²) in [5.41, 5.74) is 2.26. The summed E-state index contributed by atoms with van der Waals surface area (Å²) in [6, 6.07) is 8.83. The summed E-state index contributed by atoms with van der Waals surface area (Å²) in [5, 5.41) is 0. The summed E-state index contributed by atoms with van der Waals surface area (Å²) in [6.45, 7) is 19.0. The summed E-state index contributed by atoms with van der Waals surface area (Å²) < 4.78 is 58.2. The molecule has 8 heteroatoms. The molecule has 4 heterocycles. The van der Waals surface area contributed by atoms with Crippen molar-refractivity contribution < 1.29 is 32.1 Å². The molecule has 0 spiro atoms. The van der Waals surface area contributed by atoms with Crippen molar-refractivity contribution in [1.29, 1.82) is 0 Å². The average Bonchev–Trinajstić information content (AvgIpc) is 3.74. The van der Waals surface area contributed by atoms with Crippen LogP contribution in [0.4, 0.5) is 0 Å². The Kier molecular flexibility index (Phi) is 12.0.